The number of aryl methyl sites for hydroxylation is 1. The van der Waals surface area contributed by atoms with Crippen LogP contribution in [0.1, 0.15) is 42.4 Å². The molecule has 0 aliphatic heterocycles. The van der Waals surface area contributed by atoms with Gasteiger partial charge in [0, 0.05) is 6.04 Å². The molecule has 0 amide bonds. The first-order valence-electron chi connectivity index (χ1n) is 6.33. The summed E-state index contributed by atoms with van der Waals surface area (Å²) in [6.07, 6.45) is 6.10. The van der Waals surface area contributed by atoms with Gasteiger partial charge in [-0.3, -0.25) is 0 Å². The van der Waals surface area contributed by atoms with E-state index in [0.717, 1.165) is 6.42 Å². The Balaban J connectivity index is 2.09. The van der Waals surface area contributed by atoms with Crippen LogP contribution in [-0.2, 0) is 6.42 Å². The fraction of sp³-hybridized carbons (Fsp3) is 0.467. The monoisotopic (exact) mass is 213 g/mol. The molecule has 1 unspecified atom stereocenters. The Morgan fingerprint density at radius 1 is 1.25 bits per heavy atom. The molecule has 84 valence electrons. The highest BCUT2D eigenvalue weighted by molar-refractivity contribution is 5.77. The van der Waals surface area contributed by atoms with Gasteiger partial charge in [0.05, 0.1) is 0 Å². The molecule has 1 nitrogen and oxygen atoms in total. The number of nitrogens with two attached hydrogens (primary N) is 1. The summed E-state index contributed by atoms with van der Waals surface area (Å²) in [7, 11) is 0. The maximum absolute atomic E-state index is 6.28. The number of benzene rings is 1. The van der Waals surface area contributed by atoms with E-state index in [9.17, 15) is 0 Å². The fourth-order valence-electron chi connectivity index (χ4n) is 3.10. The molecule has 0 saturated heterocycles. The van der Waals surface area contributed by atoms with Crippen LogP contribution < -0.4 is 5.73 Å². The standard InChI is InChI=1S/C15H19N/c1-10-6-7-11-9-14-12(13(11)8-10)4-2-3-5-15(14)16/h6-8,15H,2-5,9,16H2,1H3. The summed E-state index contributed by atoms with van der Waals surface area (Å²) in [5, 5.41) is 0. The van der Waals surface area contributed by atoms with E-state index in [2.05, 4.69) is 25.1 Å². The van der Waals surface area contributed by atoms with E-state index in [4.69, 9.17) is 5.73 Å². The maximum atomic E-state index is 6.28. The summed E-state index contributed by atoms with van der Waals surface area (Å²) in [6.45, 7) is 2.18. The summed E-state index contributed by atoms with van der Waals surface area (Å²) in [5.41, 5.74) is 13.7. The molecule has 0 fully saturated rings. The molecule has 1 atom stereocenters. The van der Waals surface area contributed by atoms with Crippen molar-refractivity contribution in [1.29, 1.82) is 0 Å². The molecule has 0 heterocycles. The van der Waals surface area contributed by atoms with Crippen LogP contribution in [0, 0.1) is 6.92 Å². The zero-order chi connectivity index (χ0) is 11.1. The molecule has 0 aromatic heterocycles. The van der Waals surface area contributed by atoms with Gasteiger partial charge in [-0.05, 0) is 54.9 Å². The molecule has 2 aliphatic carbocycles. The molecule has 2 aliphatic rings. The smallest absolute Gasteiger partial charge is 0.0262 e. The molecule has 0 radical (unpaired) electrons. The minimum Gasteiger partial charge on any atom is -0.324 e. The van der Waals surface area contributed by atoms with Crippen LogP contribution in [0.5, 0.6) is 0 Å². The van der Waals surface area contributed by atoms with Gasteiger partial charge in [0.2, 0.25) is 0 Å². The van der Waals surface area contributed by atoms with E-state index in [1.807, 2.05) is 0 Å². The number of allylic oxidation sites excluding steroid dienone is 1. The minimum atomic E-state index is 0.310. The lowest BCUT2D eigenvalue weighted by Crippen LogP contribution is -2.22. The normalized spacial score (nSPS) is 24.0. The van der Waals surface area contributed by atoms with Crippen molar-refractivity contribution >= 4 is 5.57 Å². The van der Waals surface area contributed by atoms with Crippen LogP contribution in [0.4, 0.5) is 0 Å². The molecule has 0 spiro atoms. The van der Waals surface area contributed by atoms with Gasteiger partial charge in [-0.2, -0.15) is 0 Å². The average molecular weight is 213 g/mol. The lowest BCUT2D eigenvalue weighted by atomic mass is 9.99. The minimum absolute atomic E-state index is 0.310. The van der Waals surface area contributed by atoms with Gasteiger partial charge in [-0.1, -0.05) is 30.2 Å². The summed E-state index contributed by atoms with van der Waals surface area (Å²) >= 11 is 0. The molecule has 0 bridgehead atoms. The Morgan fingerprint density at radius 3 is 3.00 bits per heavy atom. The van der Waals surface area contributed by atoms with Gasteiger partial charge in [0.25, 0.3) is 0 Å². The second-order valence-electron chi connectivity index (χ2n) is 5.19. The SMILES string of the molecule is Cc1ccc2c(c1)C1=C(C2)C(N)CCCC1. The number of hydrogen-bond acceptors (Lipinski definition) is 1. The molecule has 1 aromatic rings. The first-order valence-corrected chi connectivity index (χ1v) is 6.33. The molecule has 0 saturated carbocycles. The first kappa shape index (κ1) is 10.1. The Bertz CT molecular complexity index is 457. The summed E-state index contributed by atoms with van der Waals surface area (Å²) in [6, 6.07) is 7.16. The largest absolute Gasteiger partial charge is 0.324 e. The van der Waals surface area contributed by atoms with E-state index < -0.39 is 0 Å². The third-order valence-corrected chi connectivity index (χ3v) is 4.00. The van der Waals surface area contributed by atoms with Crippen molar-refractivity contribution < 1.29 is 0 Å². The Morgan fingerprint density at radius 2 is 2.12 bits per heavy atom. The predicted octanol–water partition coefficient (Wildman–Crippen LogP) is 3.21. The molecular weight excluding hydrogens is 194 g/mol. The van der Waals surface area contributed by atoms with Gasteiger partial charge in [-0.25, -0.2) is 0 Å². The molecule has 1 heteroatoms. The van der Waals surface area contributed by atoms with Gasteiger partial charge in [0.1, 0.15) is 0 Å². The van der Waals surface area contributed by atoms with Gasteiger partial charge in [-0.15, -0.1) is 0 Å². The second-order valence-corrected chi connectivity index (χ2v) is 5.19. The van der Waals surface area contributed by atoms with Crippen LogP contribution in [-0.4, -0.2) is 6.04 Å². The van der Waals surface area contributed by atoms with E-state index in [1.54, 1.807) is 5.57 Å². The Labute approximate surface area is 97.4 Å². The van der Waals surface area contributed by atoms with Crippen LogP contribution in [0.3, 0.4) is 0 Å². The van der Waals surface area contributed by atoms with Crippen molar-refractivity contribution in [3.63, 3.8) is 0 Å². The van der Waals surface area contributed by atoms with Crippen LogP contribution in [0.15, 0.2) is 23.8 Å². The van der Waals surface area contributed by atoms with Gasteiger partial charge < -0.3 is 5.73 Å². The fourth-order valence-corrected chi connectivity index (χ4v) is 3.10. The third kappa shape index (κ3) is 1.51. The van der Waals surface area contributed by atoms with Crippen LogP contribution in [0.2, 0.25) is 0 Å². The first-order chi connectivity index (χ1) is 7.75. The summed E-state index contributed by atoms with van der Waals surface area (Å²) in [5.74, 6) is 0. The molecule has 3 rings (SSSR count). The van der Waals surface area contributed by atoms with Crippen molar-refractivity contribution in [3.05, 3.63) is 40.5 Å². The van der Waals surface area contributed by atoms with Crippen molar-refractivity contribution in [2.75, 3.05) is 0 Å². The van der Waals surface area contributed by atoms with E-state index in [0.29, 0.717) is 6.04 Å². The van der Waals surface area contributed by atoms with Crippen molar-refractivity contribution in [2.45, 2.75) is 45.1 Å². The van der Waals surface area contributed by atoms with E-state index in [-0.39, 0.29) is 0 Å². The van der Waals surface area contributed by atoms with Crippen LogP contribution >= 0.6 is 0 Å². The van der Waals surface area contributed by atoms with Crippen molar-refractivity contribution in [3.8, 4) is 0 Å². The number of hydrogen-bond donors (Lipinski definition) is 1. The highest BCUT2D eigenvalue weighted by Crippen LogP contribution is 2.40. The summed E-state index contributed by atoms with van der Waals surface area (Å²) < 4.78 is 0. The quantitative estimate of drug-likeness (QED) is 0.703. The lowest BCUT2D eigenvalue weighted by molar-refractivity contribution is 0.634. The number of fused-ring (bicyclic) bond motifs is 2. The lowest BCUT2D eigenvalue weighted by Gasteiger charge is -2.11. The highest BCUT2D eigenvalue weighted by atomic mass is 14.6. The Kier molecular flexibility index (Phi) is 2.36. The zero-order valence-electron chi connectivity index (χ0n) is 9.92. The highest BCUT2D eigenvalue weighted by Gasteiger charge is 2.26. The molecule has 2 N–H and O–H groups in total. The summed E-state index contributed by atoms with van der Waals surface area (Å²) in [4.78, 5) is 0. The average Bonchev–Trinajstić information content (AvgIpc) is 2.52. The van der Waals surface area contributed by atoms with Crippen molar-refractivity contribution in [2.24, 2.45) is 5.73 Å². The second kappa shape index (κ2) is 3.74. The topological polar surface area (TPSA) is 26.0 Å². The van der Waals surface area contributed by atoms with E-state index in [1.165, 1.54) is 47.9 Å². The van der Waals surface area contributed by atoms with Crippen LogP contribution in [0.25, 0.3) is 5.57 Å². The predicted molar refractivity (Wildman–Crippen MR) is 68.2 cm³/mol. The Hall–Kier alpha value is -1.08. The molecule has 1 aromatic carbocycles. The van der Waals surface area contributed by atoms with Crippen molar-refractivity contribution in [1.82, 2.24) is 0 Å². The van der Waals surface area contributed by atoms with E-state index >= 15 is 0 Å². The number of rotatable bonds is 0. The maximum Gasteiger partial charge on any atom is 0.0262 e. The third-order valence-electron chi connectivity index (χ3n) is 4.00. The van der Waals surface area contributed by atoms with Gasteiger partial charge >= 0.3 is 0 Å². The molecular formula is C15H19N. The zero-order valence-corrected chi connectivity index (χ0v) is 9.92. The van der Waals surface area contributed by atoms with Gasteiger partial charge in [0.15, 0.2) is 0 Å². The molecule has 16 heavy (non-hydrogen) atoms.